The maximum absolute atomic E-state index is 6.31. The van der Waals surface area contributed by atoms with Crippen LogP contribution in [0.4, 0.5) is 5.82 Å². The fraction of sp³-hybridized carbons (Fsp3) is 0.0667. The average Bonchev–Trinajstić information content (AvgIpc) is 2.48. The number of benzene rings is 1. The maximum Gasteiger partial charge on any atom is 0.128 e. The van der Waals surface area contributed by atoms with Crippen LogP contribution >= 0.6 is 11.6 Å². The molecule has 5 heteroatoms. The zero-order valence-electron chi connectivity index (χ0n) is 10.6. The fourth-order valence-electron chi connectivity index (χ4n) is 2.25. The summed E-state index contributed by atoms with van der Waals surface area (Å²) in [5, 5.41) is 2.59. The molecule has 0 amide bonds. The van der Waals surface area contributed by atoms with Gasteiger partial charge in [0.2, 0.25) is 0 Å². The largest absolute Gasteiger partial charge is 0.383 e. The Kier molecular flexibility index (Phi) is 3.26. The molecule has 1 aromatic carbocycles. The molecule has 1 atom stereocenters. The molecule has 4 nitrogen and oxygen atoms in total. The van der Waals surface area contributed by atoms with E-state index in [1.165, 1.54) is 6.20 Å². The zero-order chi connectivity index (χ0) is 14.1. The molecule has 2 aromatic heterocycles. The van der Waals surface area contributed by atoms with Crippen molar-refractivity contribution >= 4 is 28.2 Å². The molecule has 0 aliphatic heterocycles. The van der Waals surface area contributed by atoms with Crippen molar-refractivity contribution in [2.24, 2.45) is 5.73 Å². The molecule has 2 heterocycles. The Morgan fingerprint density at radius 1 is 1.10 bits per heavy atom. The summed E-state index contributed by atoms with van der Waals surface area (Å²) in [5.74, 6) is 0.372. The lowest BCUT2D eigenvalue weighted by molar-refractivity contribution is 0.837. The van der Waals surface area contributed by atoms with Crippen LogP contribution in [0.5, 0.6) is 0 Å². The molecular formula is C15H13ClN4. The Balaban J connectivity index is 2.17. The van der Waals surface area contributed by atoms with E-state index >= 15 is 0 Å². The number of hydrogen-bond donors (Lipinski definition) is 2. The summed E-state index contributed by atoms with van der Waals surface area (Å²) < 4.78 is 0. The first-order valence-corrected chi connectivity index (χ1v) is 6.55. The van der Waals surface area contributed by atoms with Gasteiger partial charge < -0.3 is 11.5 Å². The van der Waals surface area contributed by atoms with Gasteiger partial charge in [-0.05, 0) is 17.5 Å². The van der Waals surface area contributed by atoms with Crippen LogP contribution in [0.1, 0.15) is 17.3 Å². The lowest BCUT2D eigenvalue weighted by Gasteiger charge is -2.15. The second-order valence-corrected chi connectivity index (χ2v) is 4.96. The Bertz CT molecular complexity index is 767. The van der Waals surface area contributed by atoms with E-state index < -0.39 is 6.04 Å². The van der Waals surface area contributed by atoms with Gasteiger partial charge in [-0.15, -0.1) is 0 Å². The Labute approximate surface area is 121 Å². The van der Waals surface area contributed by atoms with E-state index in [-0.39, 0.29) is 0 Å². The summed E-state index contributed by atoms with van der Waals surface area (Å²) in [6.45, 7) is 0. The van der Waals surface area contributed by atoms with Crippen molar-refractivity contribution in [2.75, 3.05) is 5.73 Å². The predicted molar refractivity (Wildman–Crippen MR) is 81.4 cm³/mol. The predicted octanol–water partition coefficient (Wildman–Crippen LogP) is 2.91. The Morgan fingerprint density at radius 2 is 1.90 bits per heavy atom. The minimum absolute atomic E-state index is 0.372. The molecule has 0 spiro atoms. The number of nitrogens with two attached hydrogens (primary N) is 2. The topological polar surface area (TPSA) is 77.8 Å². The van der Waals surface area contributed by atoms with Gasteiger partial charge in [0.1, 0.15) is 5.82 Å². The van der Waals surface area contributed by atoms with Gasteiger partial charge in [-0.2, -0.15) is 0 Å². The van der Waals surface area contributed by atoms with Gasteiger partial charge in [-0.25, -0.2) is 4.98 Å². The summed E-state index contributed by atoms with van der Waals surface area (Å²) >= 11 is 5.97. The van der Waals surface area contributed by atoms with E-state index in [2.05, 4.69) is 9.97 Å². The maximum atomic E-state index is 6.31. The van der Waals surface area contributed by atoms with Crippen molar-refractivity contribution in [1.29, 1.82) is 0 Å². The van der Waals surface area contributed by atoms with Crippen molar-refractivity contribution in [1.82, 2.24) is 9.97 Å². The van der Waals surface area contributed by atoms with Crippen LogP contribution < -0.4 is 11.5 Å². The summed E-state index contributed by atoms with van der Waals surface area (Å²) in [5.41, 5.74) is 13.6. The van der Waals surface area contributed by atoms with Crippen molar-refractivity contribution in [3.05, 3.63) is 65.1 Å². The van der Waals surface area contributed by atoms with Gasteiger partial charge in [-0.3, -0.25) is 4.98 Å². The van der Waals surface area contributed by atoms with E-state index in [0.717, 1.165) is 16.5 Å². The summed E-state index contributed by atoms with van der Waals surface area (Å²) in [7, 11) is 0. The van der Waals surface area contributed by atoms with Crippen molar-refractivity contribution in [2.45, 2.75) is 6.04 Å². The number of aromatic nitrogens is 2. The number of nitrogens with zero attached hydrogens (tertiary/aromatic N) is 2. The SMILES string of the molecule is Nc1ncc(Cl)cc1C(N)c1nccc2ccccc12. The molecule has 0 bridgehead atoms. The Morgan fingerprint density at radius 3 is 2.75 bits per heavy atom. The third-order valence-electron chi connectivity index (χ3n) is 3.25. The first-order chi connectivity index (χ1) is 9.66. The van der Waals surface area contributed by atoms with Gasteiger partial charge in [0.05, 0.1) is 16.8 Å². The second-order valence-electron chi connectivity index (χ2n) is 4.52. The van der Waals surface area contributed by atoms with Crippen LogP contribution in [0.25, 0.3) is 10.8 Å². The molecule has 3 aromatic rings. The lowest BCUT2D eigenvalue weighted by Crippen LogP contribution is -2.16. The molecule has 0 aliphatic rings. The van der Waals surface area contributed by atoms with Gasteiger partial charge in [0.25, 0.3) is 0 Å². The minimum atomic E-state index is -0.465. The lowest BCUT2D eigenvalue weighted by atomic mass is 10.00. The molecule has 0 aliphatic carbocycles. The van der Waals surface area contributed by atoms with Crippen LogP contribution in [-0.2, 0) is 0 Å². The van der Waals surface area contributed by atoms with E-state index in [1.54, 1.807) is 12.3 Å². The summed E-state index contributed by atoms with van der Waals surface area (Å²) in [6.07, 6.45) is 3.25. The number of anilines is 1. The third-order valence-corrected chi connectivity index (χ3v) is 3.46. The molecule has 0 saturated carbocycles. The number of pyridine rings is 2. The van der Waals surface area contributed by atoms with Crippen molar-refractivity contribution in [3.63, 3.8) is 0 Å². The molecule has 0 radical (unpaired) electrons. The van der Waals surface area contributed by atoms with Gasteiger partial charge >= 0.3 is 0 Å². The van der Waals surface area contributed by atoms with Gasteiger partial charge in [-0.1, -0.05) is 35.9 Å². The second kappa shape index (κ2) is 5.07. The first kappa shape index (κ1) is 12.8. The van der Waals surface area contributed by atoms with Crippen molar-refractivity contribution in [3.8, 4) is 0 Å². The standard InChI is InChI=1S/C15H13ClN4/c16-10-7-12(15(18)20-8-10)13(17)14-11-4-2-1-3-9(11)5-6-19-14/h1-8,13H,17H2,(H2,18,20). The van der Waals surface area contributed by atoms with Crippen LogP contribution in [0, 0.1) is 0 Å². The quantitative estimate of drug-likeness (QED) is 0.758. The molecule has 100 valence electrons. The molecule has 20 heavy (non-hydrogen) atoms. The number of fused-ring (bicyclic) bond motifs is 1. The highest BCUT2D eigenvalue weighted by molar-refractivity contribution is 6.30. The molecule has 3 rings (SSSR count). The fourth-order valence-corrected chi connectivity index (χ4v) is 2.42. The third kappa shape index (κ3) is 2.19. The molecule has 0 fully saturated rings. The average molecular weight is 285 g/mol. The molecule has 4 N–H and O–H groups in total. The highest BCUT2D eigenvalue weighted by Gasteiger charge is 2.17. The Hall–Kier alpha value is -2.17. The zero-order valence-corrected chi connectivity index (χ0v) is 11.4. The normalized spacial score (nSPS) is 12.5. The highest BCUT2D eigenvalue weighted by atomic mass is 35.5. The van der Waals surface area contributed by atoms with Crippen LogP contribution in [-0.4, -0.2) is 9.97 Å². The smallest absolute Gasteiger partial charge is 0.128 e. The molecule has 0 saturated heterocycles. The van der Waals surface area contributed by atoms with Crippen LogP contribution in [0.15, 0.2) is 48.8 Å². The minimum Gasteiger partial charge on any atom is -0.383 e. The first-order valence-electron chi connectivity index (χ1n) is 6.17. The van der Waals surface area contributed by atoms with E-state index in [1.807, 2.05) is 30.3 Å². The number of hydrogen-bond acceptors (Lipinski definition) is 4. The number of halogens is 1. The molecular weight excluding hydrogens is 272 g/mol. The van der Waals surface area contributed by atoms with Crippen molar-refractivity contribution < 1.29 is 0 Å². The monoisotopic (exact) mass is 284 g/mol. The molecule has 1 unspecified atom stereocenters. The van der Waals surface area contributed by atoms with Gasteiger partial charge in [0.15, 0.2) is 0 Å². The van der Waals surface area contributed by atoms with E-state index in [0.29, 0.717) is 16.4 Å². The number of rotatable bonds is 2. The van der Waals surface area contributed by atoms with Gasteiger partial charge in [0, 0.05) is 23.3 Å². The van der Waals surface area contributed by atoms with E-state index in [9.17, 15) is 0 Å². The summed E-state index contributed by atoms with van der Waals surface area (Å²) in [4.78, 5) is 8.45. The number of nitrogen functional groups attached to an aromatic ring is 1. The highest BCUT2D eigenvalue weighted by Crippen LogP contribution is 2.28. The van der Waals surface area contributed by atoms with Crippen LogP contribution in [0.3, 0.4) is 0 Å². The summed E-state index contributed by atoms with van der Waals surface area (Å²) in [6, 6.07) is 11.2. The van der Waals surface area contributed by atoms with E-state index in [4.69, 9.17) is 23.1 Å². The van der Waals surface area contributed by atoms with Crippen LogP contribution in [0.2, 0.25) is 5.02 Å².